The van der Waals surface area contributed by atoms with E-state index in [0.717, 1.165) is 11.3 Å². The standard InChI is InChI=1S/C19H22N2O2/c1-3-21(17-7-5-4-6-8-17)19(23)20-14-13-18(22)16-11-9-15(2)10-12-16/h4-12H,3,13-14H2,1-2H3,(H,20,23). The predicted octanol–water partition coefficient (Wildman–Crippen LogP) is 3.80. The number of para-hydroxylation sites is 1. The van der Waals surface area contributed by atoms with Gasteiger partial charge in [-0.15, -0.1) is 0 Å². The van der Waals surface area contributed by atoms with Gasteiger partial charge in [-0.25, -0.2) is 4.79 Å². The van der Waals surface area contributed by atoms with Crippen molar-refractivity contribution in [2.24, 2.45) is 0 Å². The highest BCUT2D eigenvalue weighted by atomic mass is 16.2. The van der Waals surface area contributed by atoms with Gasteiger partial charge in [-0.05, 0) is 26.0 Å². The Kier molecular flexibility index (Phi) is 5.92. The van der Waals surface area contributed by atoms with E-state index in [0.29, 0.717) is 25.1 Å². The monoisotopic (exact) mass is 310 g/mol. The number of nitrogens with zero attached hydrogens (tertiary/aromatic N) is 1. The van der Waals surface area contributed by atoms with Crippen LogP contribution in [0.1, 0.15) is 29.3 Å². The molecule has 2 aromatic carbocycles. The Morgan fingerprint density at radius 3 is 2.26 bits per heavy atom. The Balaban J connectivity index is 1.86. The molecular formula is C19H22N2O2. The Bertz CT molecular complexity index is 651. The van der Waals surface area contributed by atoms with E-state index >= 15 is 0 Å². The quantitative estimate of drug-likeness (QED) is 0.825. The molecule has 0 bridgehead atoms. The molecule has 0 aromatic heterocycles. The summed E-state index contributed by atoms with van der Waals surface area (Å²) >= 11 is 0. The van der Waals surface area contributed by atoms with Gasteiger partial charge in [0.1, 0.15) is 0 Å². The van der Waals surface area contributed by atoms with Gasteiger partial charge in [0.05, 0.1) is 0 Å². The van der Waals surface area contributed by atoms with Crippen molar-refractivity contribution in [1.29, 1.82) is 0 Å². The number of amides is 2. The van der Waals surface area contributed by atoms with Crippen molar-refractivity contribution in [2.75, 3.05) is 18.0 Å². The minimum Gasteiger partial charge on any atom is -0.337 e. The van der Waals surface area contributed by atoms with Crippen molar-refractivity contribution >= 4 is 17.5 Å². The van der Waals surface area contributed by atoms with Gasteiger partial charge in [0.15, 0.2) is 5.78 Å². The molecule has 0 saturated heterocycles. The number of hydrogen-bond donors (Lipinski definition) is 1. The molecule has 2 rings (SSSR count). The fraction of sp³-hybridized carbons (Fsp3) is 0.263. The molecule has 0 saturated carbocycles. The molecule has 0 aliphatic carbocycles. The molecule has 0 atom stereocenters. The lowest BCUT2D eigenvalue weighted by Crippen LogP contribution is -2.40. The summed E-state index contributed by atoms with van der Waals surface area (Å²) < 4.78 is 0. The van der Waals surface area contributed by atoms with Crippen LogP contribution in [0.2, 0.25) is 0 Å². The SMILES string of the molecule is CCN(C(=O)NCCC(=O)c1ccc(C)cc1)c1ccccc1. The molecule has 0 aliphatic heterocycles. The van der Waals surface area contributed by atoms with Crippen molar-refractivity contribution < 1.29 is 9.59 Å². The number of benzene rings is 2. The van der Waals surface area contributed by atoms with Crippen molar-refractivity contribution in [3.63, 3.8) is 0 Å². The van der Waals surface area contributed by atoms with Gasteiger partial charge in [0.25, 0.3) is 0 Å². The van der Waals surface area contributed by atoms with Crippen LogP contribution in [0.25, 0.3) is 0 Å². The summed E-state index contributed by atoms with van der Waals surface area (Å²) in [6.07, 6.45) is 0.293. The fourth-order valence-electron chi connectivity index (χ4n) is 2.31. The highest BCUT2D eigenvalue weighted by molar-refractivity contribution is 5.97. The molecule has 0 spiro atoms. The average Bonchev–Trinajstić information content (AvgIpc) is 2.57. The first kappa shape index (κ1) is 16.7. The Hall–Kier alpha value is -2.62. The zero-order valence-electron chi connectivity index (χ0n) is 13.6. The van der Waals surface area contributed by atoms with E-state index in [9.17, 15) is 9.59 Å². The summed E-state index contributed by atoms with van der Waals surface area (Å²) in [4.78, 5) is 26.0. The van der Waals surface area contributed by atoms with Crippen LogP contribution in [-0.4, -0.2) is 24.9 Å². The van der Waals surface area contributed by atoms with Gasteiger partial charge in [0.2, 0.25) is 0 Å². The number of ketones is 1. The Morgan fingerprint density at radius 2 is 1.65 bits per heavy atom. The lowest BCUT2D eigenvalue weighted by atomic mass is 10.1. The van der Waals surface area contributed by atoms with Gasteiger partial charge in [0, 0.05) is 30.8 Å². The van der Waals surface area contributed by atoms with Gasteiger partial charge in [-0.1, -0.05) is 48.0 Å². The molecule has 120 valence electrons. The first-order chi connectivity index (χ1) is 11.1. The van der Waals surface area contributed by atoms with Crippen molar-refractivity contribution in [1.82, 2.24) is 5.32 Å². The minimum absolute atomic E-state index is 0.0352. The molecule has 0 heterocycles. The first-order valence-electron chi connectivity index (χ1n) is 7.82. The molecule has 2 amide bonds. The summed E-state index contributed by atoms with van der Waals surface area (Å²) in [5, 5.41) is 2.81. The third kappa shape index (κ3) is 4.68. The fourth-order valence-corrected chi connectivity index (χ4v) is 2.31. The van der Waals surface area contributed by atoms with Crippen LogP contribution >= 0.6 is 0 Å². The summed E-state index contributed by atoms with van der Waals surface area (Å²) in [6, 6.07) is 16.8. The topological polar surface area (TPSA) is 49.4 Å². The van der Waals surface area contributed by atoms with Crippen molar-refractivity contribution in [2.45, 2.75) is 20.3 Å². The van der Waals surface area contributed by atoms with E-state index in [1.807, 2.05) is 68.4 Å². The molecule has 0 radical (unpaired) electrons. The minimum atomic E-state index is -0.185. The summed E-state index contributed by atoms with van der Waals surface area (Å²) in [5.41, 5.74) is 2.65. The highest BCUT2D eigenvalue weighted by Gasteiger charge is 2.13. The van der Waals surface area contributed by atoms with E-state index in [1.165, 1.54) is 0 Å². The smallest absolute Gasteiger partial charge is 0.321 e. The number of rotatable bonds is 6. The number of nitrogens with one attached hydrogen (secondary N) is 1. The van der Waals surface area contributed by atoms with Gasteiger partial charge in [-0.3, -0.25) is 9.69 Å². The van der Waals surface area contributed by atoms with Gasteiger partial charge in [-0.2, -0.15) is 0 Å². The van der Waals surface area contributed by atoms with E-state index in [2.05, 4.69) is 5.32 Å². The summed E-state index contributed by atoms with van der Waals surface area (Å²) in [6.45, 7) is 4.80. The number of Topliss-reactive ketones (excluding diaryl/α,β-unsaturated/α-hetero) is 1. The molecular weight excluding hydrogens is 288 g/mol. The molecule has 4 heteroatoms. The van der Waals surface area contributed by atoms with Crippen LogP contribution in [0.15, 0.2) is 54.6 Å². The maximum Gasteiger partial charge on any atom is 0.321 e. The van der Waals surface area contributed by atoms with E-state index in [1.54, 1.807) is 4.90 Å². The second-order valence-electron chi connectivity index (χ2n) is 5.35. The Morgan fingerprint density at radius 1 is 1.00 bits per heavy atom. The van der Waals surface area contributed by atoms with Crippen LogP contribution in [0.3, 0.4) is 0 Å². The van der Waals surface area contributed by atoms with Crippen LogP contribution in [0, 0.1) is 6.92 Å². The Labute approximate surface area is 137 Å². The number of anilines is 1. The second kappa shape index (κ2) is 8.13. The predicted molar refractivity (Wildman–Crippen MR) is 93.0 cm³/mol. The molecule has 4 nitrogen and oxygen atoms in total. The van der Waals surface area contributed by atoms with Crippen molar-refractivity contribution in [3.05, 3.63) is 65.7 Å². The molecule has 0 aliphatic rings. The molecule has 0 unspecified atom stereocenters. The lowest BCUT2D eigenvalue weighted by Gasteiger charge is -2.21. The third-order valence-electron chi connectivity index (χ3n) is 3.63. The second-order valence-corrected chi connectivity index (χ2v) is 5.35. The van der Waals surface area contributed by atoms with E-state index < -0.39 is 0 Å². The van der Waals surface area contributed by atoms with Crippen LogP contribution < -0.4 is 10.2 Å². The van der Waals surface area contributed by atoms with Gasteiger partial charge >= 0.3 is 6.03 Å². The molecule has 0 fully saturated rings. The molecule has 2 aromatic rings. The zero-order valence-corrected chi connectivity index (χ0v) is 13.6. The highest BCUT2D eigenvalue weighted by Crippen LogP contribution is 2.12. The van der Waals surface area contributed by atoms with Gasteiger partial charge < -0.3 is 5.32 Å². The number of urea groups is 1. The van der Waals surface area contributed by atoms with E-state index in [-0.39, 0.29) is 11.8 Å². The largest absolute Gasteiger partial charge is 0.337 e. The van der Waals surface area contributed by atoms with Crippen LogP contribution in [-0.2, 0) is 0 Å². The number of hydrogen-bond acceptors (Lipinski definition) is 2. The number of carbonyl (C=O) groups excluding carboxylic acids is 2. The number of carbonyl (C=O) groups is 2. The lowest BCUT2D eigenvalue weighted by molar-refractivity contribution is 0.0983. The molecule has 23 heavy (non-hydrogen) atoms. The first-order valence-corrected chi connectivity index (χ1v) is 7.82. The third-order valence-corrected chi connectivity index (χ3v) is 3.63. The average molecular weight is 310 g/mol. The summed E-state index contributed by atoms with van der Waals surface area (Å²) in [5.74, 6) is 0.0352. The van der Waals surface area contributed by atoms with Crippen LogP contribution in [0.5, 0.6) is 0 Å². The normalized spacial score (nSPS) is 10.2. The van der Waals surface area contributed by atoms with E-state index in [4.69, 9.17) is 0 Å². The molecule has 1 N–H and O–H groups in total. The van der Waals surface area contributed by atoms with Crippen LogP contribution in [0.4, 0.5) is 10.5 Å². The summed E-state index contributed by atoms with van der Waals surface area (Å²) in [7, 11) is 0. The zero-order chi connectivity index (χ0) is 16.7. The van der Waals surface area contributed by atoms with Crippen molar-refractivity contribution in [3.8, 4) is 0 Å². The maximum atomic E-state index is 12.2. The maximum absolute atomic E-state index is 12.2. The number of aryl methyl sites for hydroxylation is 1.